The summed E-state index contributed by atoms with van der Waals surface area (Å²) in [5, 5.41) is 7.43. The molecule has 3 aromatic heterocycles. The van der Waals surface area contributed by atoms with Crippen molar-refractivity contribution in [3.05, 3.63) is 33.8 Å². The Balaban J connectivity index is 1.63. The van der Waals surface area contributed by atoms with Crippen molar-refractivity contribution in [3.8, 4) is 0 Å². The van der Waals surface area contributed by atoms with Crippen molar-refractivity contribution < 1.29 is 9.59 Å². The summed E-state index contributed by atoms with van der Waals surface area (Å²) in [5.41, 5.74) is 3.08. The Hall–Kier alpha value is -2.19. The summed E-state index contributed by atoms with van der Waals surface area (Å²) >= 11 is 2.93. The monoisotopic (exact) mass is 348 g/mol. The van der Waals surface area contributed by atoms with Gasteiger partial charge in [-0.2, -0.15) is 4.37 Å². The van der Waals surface area contributed by atoms with Gasteiger partial charge in [-0.25, -0.2) is 0 Å². The van der Waals surface area contributed by atoms with Crippen LogP contribution in [-0.2, 0) is 11.8 Å². The molecule has 120 valence electrons. The van der Waals surface area contributed by atoms with Crippen LogP contribution in [0.2, 0.25) is 0 Å². The summed E-state index contributed by atoms with van der Waals surface area (Å²) in [5.74, 6) is -0.524. The van der Waals surface area contributed by atoms with Gasteiger partial charge in [-0.05, 0) is 42.9 Å². The van der Waals surface area contributed by atoms with Crippen LogP contribution in [0.4, 0.5) is 5.69 Å². The highest BCUT2D eigenvalue weighted by Gasteiger charge is 2.16. The third-order valence-corrected chi connectivity index (χ3v) is 5.30. The summed E-state index contributed by atoms with van der Waals surface area (Å²) < 4.78 is 7.06. The molecule has 3 heterocycles. The molecule has 0 aliphatic heterocycles. The van der Waals surface area contributed by atoms with Crippen LogP contribution in [0.5, 0.6) is 0 Å². The van der Waals surface area contributed by atoms with Gasteiger partial charge in [0, 0.05) is 11.9 Å². The maximum Gasteiger partial charge on any atom is 0.268 e. The fourth-order valence-electron chi connectivity index (χ4n) is 2.36. The highest BCUT2D eigenvalue weighted by atomic mass is 32.1. The zero-order chi connectivity index (χ0) is 16.6. The molecule has 0 radical (unpaired) electrons. The van der Waals surface area contributed by atoms with Crippen LogP contribution in [0.25, 0.3) is 10.2 Å². The van der Waals surface area contributed by atoms with Crippen molar-refractivity contribution in [3.63, 3.8) is 0 Å². The molecule has 0 aliphatic rings. The van der Waals surface area contributed by atoms with E-state index in [1.807, 2.05) is 43.0 Å². The lowest BCUT2D eigenvalue weighted by Gasteiger charge is -2.08. The molecule has 2 amide bonds. The Morgan fingerprint density at radius 3 is 2.78 bits per heavy atom. The number of aromatic nitrogens is 2. The first kappa shape index (κ1) is 15.7. The maximum atomic E-state index is 12.3. The van der Waals surface area contributed by atoms with Crippen molar-refractivity contribution in [2.75, 3.05) is 11.9 Å². The third-order valence-electron chi connectivity index (χ3n) is 3.60. The highest BCUT2D eigenvalue weighted by Crippen LogP contribution is 2.24. The lowest BCUT2D eigenvalue weighted by Crippen LogP contribution is -2.33. The molecule has 0 saturated heterocycles. The molecule has 0 bridgehead atoms. The number of nitrogens with one attached hydrogen (secondary N) is 2. The Morgan fingerprint density at radius 1 is 1.35 bits per heavy atom. The van der Waals surface area contributed by atoms with Crippen molar-refractivity contribution in [2.24, 2.45) is 7.05 Å². The van der Waals surface area contributed by atoms with E-state index in [1.165, 1.54) is 11.5 Å². The molecule has 3 aromatic rings. The van der Waals surface area contributed by atoms with E-state index < -0.39 is 0 Å². The molecule has 0 aliphatic carbocycles. The Kier molecular flexibility index (Phi) is 4.18. The maximum absolute atomic E-state index is 12.3. The summed E-state index contributed by atoms with van der Waals surface area (Å²) in [6.45, 7) is 3.66. The normalized spacial score (nSPS) is 10.9. The van der Waals surface area contributed by atoms with Crippen LogP contribution in [0.3, 0.4) is 0 Å². The molecular formula is C15H16N4O2S2. The van der Waals surface area contributed by atoms with Crippen LogP contribution >= 0.6 is 22.9 Å². The van der Waals surface area contributed by atoms with Crippen molar-refractivity contribution >= 4 is 50.6 Å². The minimum Gasteiger partial charge on any atom is -0.342 e. The first-order valence-corrected chi connectivity index (χ1v) is 8.66. The molecule has 0 unspecified atom stereocenters. The summed E-state index contributed by atoms with van der Waals surface area (Å²) in [4.78, 5) is 25.2. The van der Waals surface area contributed by atoms with Gasteiger partial charge in [-0.1, -0.05) is 0 Å². The number of fused-ring (bicyclic) bond motifs is 1. The molecule has 0 fully saturated rings. The van der Waals surface area contributed by atoms with E-state index in [1.54, 1.807) is 11.3 Å². The number of hydrogen-bond acceptors (Lipinski definition) is 5. The number of nitrogens with zero attached hydrogens (tertiary/aromatic N) is 2. The number of carbonyl (C=O) groups is 2. The predicted octanol–water partition coefficient (Wildman–Crippen LogP) is 2.68. The summed E-state index contributed by atoms with van der Waals surface area (Å²) in [7, 11) is 1.84. The molecule has 8 heteroatoms. The molecule has 0 saturated carbocycles. The number of rotatable bonds is 4. The van der Waals surface area contributed by atoms with Gasteiger partial charge in [0.1, 0.15) is 5.69 Å². The standard InChI is InChI=1S/C15H16N4O2S2/c1-8-14(9(2)23-18-8)17-13(20)7-16-15(21)11-6-12-10(19(11)3)4-5-22-12/h4-6H,7H2,1-3H3,(H,16,21)(H,17,20). The zero-order valence-electron chi connectivity index (χ0n) is 13.0. The molecule has 23 heavy (non-hydrogen) atoms. The lowest BCUT2D eigenvalue weighted by molar-refractivity contribution is -0.115. The molecule has 0 aromatic carbocycles. The van der Waals surface area contributed by atoms with Crippen LogP contribution in [0, 0.1) is 13.8 Å². The second-order valence-corrected chi connectivity index (χ2v) is 7.11. The van der Waals surface area contributed by atoms with Crippen LogP contribution in [0.15, 0.2) is 17.5 Å². The third kappa shape index (κ3) is 2.99. The molecule has 0 atom stereocenters. The van der Waals surface area contributed by atoms with Crippen LogP contribution in [-0.4, -0.2) is 27.3 Å². The van der Waals surface area contributed by atoms with E-state index in [0.717, 1.165) is 26.5 Å². The zero-order valence-corrected chi connectivity index (χ0v) is 14.6. The van der Waals surface area contributed by atoms with E-state index >= 15 is 0 Å². The average Bonchev–Trinajstić information content (AvgIpc) is 3.18. The minimum absolute atomic E-state index is 0.0770. The quantitative estimate of drug-likeness (QED) is 0.761. The van der Waals surface area contributed by atoms with Crippen LogP contribution in [0.1, 0.15) is 21.1 Å². The minimum atomic E-state index is -0.263. The molecule has 6 nitrogen and oxygen atoms in total. The van der Waals surface area contributed by atoms with E-state index in [2.05, 4.69) is 15.0 Å². The summed E-state index contributed by atoms with van der Waals surface area (Å²) in [6, 6.07) is 3.81. The van der Waals surface area contributed by atoms with Gasteiger partial charge in [0.25, 0.3) is 5.91 Å². The fraction of sp³-hybridized carbons (Fsp3) is 0.267. The first-order valence-electron chi connectivity index (χ1n) is 7.01. The number of aryl methyl sites for hydroxylation is 3. The predicted molar refractivity (Wildman–Crippen MR) is 93.3 cm³/mol. The van der Waals surface area contributed by atoms with Gasteiger partial charge in [0.2, 0.25) is 5.91 Å². The van der Waals surface area contributed by atoms with Crippen molar-refractivity contribution in [2.45, 2.75) is 13.8 Å². The number of hydrogen-bond donors (Lipinski definition) is 2. The van der Waals surface area contributed by atoms with E-state index in [0.29, 0.717) is 5.69 Å². The Morgan fingerprint density at radius 2 is 2.13 bits per heavy atom. The number of thiophene rings is 1. The highest BCUT2D eigenvalue weighted by molar-refractivity contribution is 7.17. The Labute approximate surface area is 141 Å². The fourth-order valence-corrected chi connectivity index (χ4v) is 3.87. The number of amides is 2. The summed E-state index contributed by atoms with van der Waals surface area (Å²) in [6.07, 6.45) is 0. The average molecular weight is 348 g/mol. The van der Waals surface area contributed by atoms with E-state index in [9.17, 15) is 9.59 Å². The molecule has 0 spiro atoms. The molecular weight excluding hydrogens is 332 g/mol. The van der Waals surface area contributed by atoms with Gasteiger partial charge in [0.15, 0.2) is 0 Å². The van der Waals surface area contributed by atoms with Gasteiger partial charge in [-0.3, -0.25) is 9.59 Å². The second-order valence-electron chi connectivity index (χ2n) is 5.19. The first-order chi connectivity index (χ1) is 11.0. The number of anilines is 1. The van der Waals surface area contributed by atoms with Gasteiger partial charge in [0.05, 0.1) is 28.1 Å². The van der Waals surface area contributed by atoms with Crippen molar-refractivity contribution in [1.82, 2.24) is 14.3 Å². The smallest absolute Gasteiger partial charge is 0.268 e. The lowest BCUT2D eigenvalue weighted by atomic mass is 10.3. The van der Waals surface area contributed by atoms with E-state index in [4.69, 9.17) is 0 Å². The van der Waals surface area contributed by atoms with Crippen molar-refractivity contribution in [1.29, 1.82) is 0 Å². The van der Waals surface area contributed by atoms with Crippen LogP contribution < -0.4 is 10.6 Å². The van der Waals surface area contributed by atoms with Gasteiger partial charge in [-0.15, -0.1) is 11.3 Å². The van der Waals surface area contributed by atoms with Gasteiger partial charge < -0.3 is 15.2 Å². The van der Waals surface area contributed by atoms with E-state index in [-0.39, 0.29) is 18.4 Å². The SMILES string of the molecule is Cc1nsc(C)c1NC(=O)CNC(=O)c1cc2sccc2n1C. The Bertz CT molecular complexity index is 871. The molecule has 2 N–H and O–H groups in total. The second kappa shape index (κ2) is 6.13. The largest absolute Gasteiger partial charge is 0.342 e. The topological polar surface area (TPSA) is 76.0 Å². The number of carbonyl (C=O) groups excluding carboxylic acids is 2. The molecule has 3 rings (SSSR count). The van der Waals surface area contributed by atoms with Gasteiger partial charge >= 0.3 is 0 Å².